The van der Waals surface area contributed by atoms with E-state index in [4.69, 9.17) is 5.73 Å². The normalized spacial score (nSPS) is 11.0. The van der Waals surface area contributed by atoms with E-state index in [9.17, 15) is 0 Å². The Kier molecular flexibility index (Phi) is 3.58. The molecule has 0 fully saturated rings. The van der Waals surface area contributed by atoms with Gasteiger partial charge in [0.1, 0.15) is 0 Å². The van der Waals surface area contributed by atoms with Gasteiger partial charge in [0.05, 0.1) is 11.9 Å². The van der Waals surface area contributed by atoms with Crippen molar-refractivity contribution in [3.8, 4) is 16.9 Å². The molecule has 5 heteroatoms. The Labute approximate surface area is 124 Å². The van der Waals surface area contributed by atoms with E-state index in [1.54, 1.807) is 0 Å². The summed E-state index contributed by atoms with van der Waals surface area (Å²) in [5.74, 6) is 0.986. The molecule has 5 nitrogen and oxygen atoms in total. The molecule has 21 heavy (non-hydrogen) atoms. The minimum absolute atomic E-state index is 0.604. The lowest BCUT2D eigenvalue weighted by Crippen LogP contribution is -2.09. The van der Waals surface area contributed by atoms with Crippen molar-refractivity contribution in [2.75, 3.05) is 6.54 Å². The first kappa shape index (κ1) is 13.6. The fourth-order valence-electron chi connectivity index (χ4n) is 2.63. The number of nitrogens with zero attached hydrogens (tertiary/aromatic N) is 4. The molecule has 0 aliphatic rings. The summed E-state index contributed by atoms with van der Waals surface area (Å²) in [7, 11) is 1.94. The maximum atomic E-state index is 5.72. The molecule has 0 radical (unpaired) electrons. The van der Waals surface area contributed by atoms with Crippen LogP contribution < -0.4 is 5.73 Å². The van der Waals surface area contributed by atoms with Crippen LogP contribution in [0.5, 0.6) is 0 Å². The summed E-state index contributed by atoms with van der Waals surface area (Å²) in [5, 5.41) is 8.98. The molecule has 0 atom stereocenters. The standard InChI is InChI=1S/C16H19N5/c1-12-15(8-9-17)16(20(2)19-12)21-11-14(10-18-21)13-6-4-3-5-7-13/h3-7,10-11H,8-9,17H2,1-2H3. The molecule has 3 aromatic rings. The fourth-order valence-corrected chi connectivity index (χ4v) is 2.63. The molecular formula is C16H19N5. The molecule has 2 aromatic heterocycles. The second kappa shape index (κ2) is 5.54. The van der Waals surface area contributed by atoms with Crippen molar-refractivity contribution in [1.29, 1.82) is 0 Å². The van der Waals surface area contributed by atoms with Gasteiger partial charge in [0.2, 0.25) is 0 Å². The van der Waals surface area contributed by atoms with Gasteiger partial charge in [-0.25, -0.2) is 4.68 Å². The van der Waals surface area contributed by atoms with Gasteiger partial charge >= 0.3 is 0 Å². The molecule has 0 bridgehead atoms. The van der Waals surface area contributed by atoms with Crippen molar-refractivity contribution in [2.45, 2.75) is 13.3 Å². The fraction of sp³-hybridized carbons (Fsp3) is 0.250. The van der Waals surface area contributed by atoms with E-state index in [0.717, 1.165) is 34.6 Å². The molecule has 0 unspecified atom stereocenters. The van der Waals surface area contributed by atoms with Gasteiger partial charge < -0.3 is 5.73 Å². The first-order chi connectivity index (χ1) is 10.2. The number of hydrogen-bond donors (Lipinski definition) is 1. The monoisotopic (exact) mass is 281 g/mol. The number of nitrogens with two attached hydrogens (primary N) is 1. The number of benzene rings is 1. The highest BCUT2D eigenvalue weighted by Crippen LogP contribution is 2.22. The second-order valence-corrected chi connectivity index (χ2v) is 5.09. The van der Waals surface area contributed by atoms with Gasteiger partial charge in [0.15, 0.2) is 5.82 Å². The maximum absolute atomic E-state index is 5.72. The predicted octanol–water partition coefficient (Wildman–Crippen LogP) is 2.08. The van der Waals surface area contributed by atoms with Crippen molar-refractivity contribution in [1.82, 2.24) is 19.6 Å². The van der Waals surface area contributed by atoms with Crippen LogP contribution in [-0.4, -0.2) is 26.1 Å². The molecule has 0 aliphatic carbocycles. The Balaban J connectivity index is 2.05. The zero-order chi connectivity index (χ0) is 14.8. The molecule has 1 aromatic carbocycles. The van der Waals surface area contributed by atoms with Crippen LogP contribution in [0.25, 0.3) is 16.9 Å². The van der Waals surface area contributed by atoms with Gasteiger partial charge in [-0.1, -0.05) is 30.3 Å². The van der Waals surface area contributed by atoms with Crippen molar-refractivity contribution >= 4 is 0 Å². The van der Waals surface area contributed by atoms with Gasteiger partial charge in [-0.2, -0.15) is 10.2 Å². The van der Waals surface area contributed by atoms with Crippen LogP contribution in [0.4, 0.5) is 0 Å². The van der Waals surface area contributed by atoms with Crippen LogP contribution in [-0.2, 0) is 13.5 Å². The summed E-state index contributed by atoms with van der Waals surface area (Å²) < 4.78 is 3.75. The van der Waals surface area contributed by atoms with Crippen LogP contribution in [0.3, 0.4) is 0 Å². The van der Waals surface area contributed by atoms with Crippen LogP contribution in [0.15, 0.2) is 42.7 Å². The van der Waals surface area contributed by atoms with Crippen molar-refractivity contribution < 1.29 is 0 Å². The molecule has 2 N–H and O–H groups in total. The van der Waals surface area contributed by atoms with E-state index in [2.05, 4.69) is 22.3 Å². The highest BCUT2D eigenvalue weighted by molar-refractivity contribution is 5.62. The number of hydrogen-bond acceptors (Lipinski definition) is 3. The van der Waals surface area contributed by atoms with E-state index in [0.29, 0.717) is 6.54 Å². The van der Waals surface area contributed by atoms with Crippen LogP contribution >= 0.6 is 0 Å². The SMILES string of the molecule is Cc1nn(C)c(-n2cc(-c3ccccc3)cn2)c1CCN. The van der Waals surface area contributed by atoms with Crippen molar-refractivity contribution in [2.24, 2.45) is 12.8 Å². The average molecular weight is 281 g/mol. The number of aromatic nitrogens is 4. The van der Waals surface area contributed by atoms with Gasteiger partial charge in [0, 0.05) is 24.4 Å². The minimum Gasteiger partial charge on any atom is -0.330 e. The number of rotatable bonds is 4. The molecule has 2 heterocycles. The minimum atomic E-state index is 0.604. The molecule has 0 saturated carbocycles. The highest BCUT2D eigenvalue weighted by Gasteiger charge is 2.15. The van der Waals surface area contributed by atoms with Crippen LogP contribution in [0.1, 0.15) is 11.3 Å². The van der Waals surface area contributed by atoms with Crippen LogP contribution in [0, 0.1) is 6.92 Å². The molecule has 3 rings (SSSR count). The summed E-state index contributed by atoms with van der Waals surface area (Å²) in [6.45, 7) is 2.61. The van der Waals surface area contributed by atoms with E-state index in [-0.39, 0.29) is 0 Å². The maximum Gasteiger partial charge on any atom is 0.155 e. The third-order valence-electron chi connectivity index (χ3n) is 3.61. The molecule has 0 spiro atoms. The number of aryl methyl sites for hydroxylation is 2. The average Bonchev–Trinajstić information content (AvgIpc) is 3.06. The largest absolute Gasteiger partial charge is 0.330 e. The van der Waals surface area contributed by atoms with Gasteiger partial charge in [0.25, 0.3) is 0 Å². The Morgan fingerprint density at radius 2 is 1.90 bits per heavy atom. The topological polar surface area (TPSA) is 61.7 Å². The third kappa shape index (κ3) is 2.48. The smallest absolute Gasteiger partial charge is 0.155 e. The zero-order valence-electron chi connectivity index (χ0n) is 12.3. The summed E-state index contributed by atoms with van der Waals surface area (Å²) in [6, 6.07) is 10.2. The lowest BCUT2D eigenvalue weighted by Gasteiger charge is -2.05. The molecule has 108 valence electrons. The quantitative estimate of drug-likeness (QED) is 0.796. The van der Waals surface area contributed by atoms with E-state index in [1.807, 2.05) is 53.9 Å². The Hall–Kier alpha value is -2.40. The summed E-state index contributed by atoms with van der Waals surface area (Å²) in [5.41, 5.74) is 10.1. The van der Waals surface area contributed by atoms with Crippen molar-refractivity contribution in [3.63, 3.8) is 0 Å². The van der Waals surface area contributed by atoms with Crippen LogP contribution in [0.2, 0.25) is 0 Å². The third-order valence-corrected chi connectivity index (χ3v) is 3.61. The first-order valence-electron chi connectivity index (χ1n) is 7.03. The molecule has 0 saturated heterocycles. The summed E-state index contributed by atoms with van der Waals surface area (Å²) in [6.07, 6.45) is 4.71. The Morgan fingerprint density at radius 3 is 2.62 bits per heavy atom. The summed E-state index contributed by atoms with van der Waals surface area (Å²) in [4.78, 5) is 0. The summed E-state index contributed by atoms with van der Waals surface area (Å²) >= 11 is 0. The Bertz CT molecular complexity index is 739. The first-order valence-corrected chi connectivity index (χ1v) is 7.03. The predicted molar refractivity (Wildman–Crippen MR) is 83.3 cm³/mol. The van der Waals surface area contributed by atoms with E-state index >= 15 is 0 Å². The Morgan fingerprint density at radius 1 is 1.14 bits per heavy atom. The van der Waals surface area contributed by atoms with Gasteiger partial charge in [-0.05, 0) is 25.5 Å². The second-order valence-electron chi connectivity index (χ2n) is 5.09. The van der Waals surface area contributed by atoms with Gasteiger partial charge in [-0.3, -0.25) is 4.68 Å². The molecular weight excluding hydrogens is 262 g/mol. The van der Waals surface area contributed by atoms with E-state index in [1.165, 1.54) is 0 Å². The lowest BCUT2D eigenvalue weighted by atomic mass is 10.1. The molecule has 0 amide bonds. The molecule has 0 aliphatic heterocycles. The lowest BCUT2D eigenvalue weighted by molar-refractivity contribution is 0.691. The highest BCUT2D eigenvalue weighted by atomic mass is 15.4. The van der Waals surface area contributed by atoms with E-state index < -0.39 is 0 Å². The zero-order valence-corrected chi connectivity index (χ0v) is 12.3. The van der Waals surface area contributed by atoms with Gasteiger partial charge in [-0.15, -0.1) is 0 Å². The van der Waals surface area contributed by atoms with Crippen molar-refractivity contribution in [3.05, 3.63) is 54.0 Å².